The van der Waals surface area contributed by atoms with Gasteiger partial charge in [0.1, 0.15) is 5.75 Å². The maximum Gasteiger partial charge on any atom is 0.261 e. The van der Waals surface area contributed by atoms with E-state index in [2.05, 4.69) is 15.6 Å². The van der Waals surface area contributed by atoms with Gasteiger partial charge in [0.15, 0.2) is 5.82 Å². The molecule has 31 heavy (non-hydrogen) atoms. The predicted molar refractivity (Wildman–Crippen MR) is 115 cm³/mol. The molecule has 1 aromatic heterocycles. The fourth-order valence-electron chi connectivity index (χ4n) is 3.34. The van der Waals surface area contributed by atoms with Gasteiger partial charge in [0.25, 0.3) is 11.8 Å². The third-order valence-electron chi connectivity index (χ3n) is 4.88. The van der Waals surface area contributed by atoms with Crippen molar-refractivity contribution in [2.75, 3.05) is 17.2 Å². The first kappa shape index (κ1) is 20.1. The summed E-state index contributed by atoms with van der Waals surface area (Å²) in [7, 11) is 0. The number of rotatable bonds is 7. The molecule has 3 aromatic rings. The molecule has 1 aliphatic rings. The molecular formula is C23H20N4O4. The number of carbonyl (C=O) groups is 3. The monoisotopic (exact) mass is 416 g/mol. The van der Waals surface area contributed by atoms with Crippen LogP contribution >= 0.6 is 0 Å². The van der Waals surface area contributed by atoms with Crippen LogP contribution in [0, 0.1) is 0 Å². The maximum atomic E-state index is 12.4. The first-order chi connectivity index (χ1) is 15.0. The van der Waals surface area contributed by atoms with Crippen LogP contribution in [0.2, 0.25) is 0 Å². The minimum Gasteiger partial charge on any atom is -0.508 e. The Hall–Kier alpha value is -4.20. The molecule has 0 fully saturated rings. The van der Waals surface area contributed by atoms with Crippen LogP contribution in [0.1, 0.15) is 33.6 Å². The highest BCUT2D eigenvalue weighted by molar-refractivity contribution is 6.21. The van der Waals surface area contributed by atoms with Crippen molar-refractivity contribution in [3.63, 3.8) is 0 Å². The zero-order chi connectivity index (χ0) is 21.8. The number of nitrogens with one attached hydrogen (secondary N) is 2. The van der Waals surface area contributed by atoms with E-state index in [1.54, 1.807) is 66.9 Å². The van der Waals surface area contributed by atoms with Crippen LogP contribution in [0.5, 0.6) is 5.75 Å². The van der Waals surface area contributed by atoms with E-state index in [-0.39, 0.29) is 36.4 Å². The molecule has 0 aliphatic carbocycles. The number of amides is 3. The Morgan fingerprint density at radius 2 is 1.61 bits per heavy atom. The number of aromatic nitrogens is 1. The van der Waals surface area contributed by atoms with Gasteiger partial charge < -0.3 is 15.7 Å². The number of imide groups is 1. The van der Waals surface area contributed by atoms with Gasteiger partial charge in [0, 0.05) is 24.8 Å². The van der Waals surface area contributed by atoms with E-state index in [0.717, 1.165) is 0 Å². The Balaban J connectivity index is 1.33. The first-order valence-corrected chi connectivity index (χ1v) is 9.79. The minimum absolute atomic E-state index is 0.140. The lowest BCUT2D eigenvalue weighted by Gasteiger charge is -2.14. The van der Waals surface area contributed by atoms with Crippen molar-refractivity contribution < 1.29 is 19.5 Å². The molecular weight excluding hydrogens is 396 g/mol. The number of nitrogens with zero attached hydrogens (tertiary/aromatic N) is 2. The lowest BCUT2D eigenvalue weighted by molar-refractivity contribution is -0.116. The minimum atomic E-state index is -0.325. The number of phenols is 1. The molecule has 0 bridgehead atoms. The van der Waals surface area contributed by atoms with Crippen LogP contribution in [0.3, 0.4) is 0 Å². The number of hydrogen-bond acceptors (Lipinski definition) is 6. The summed E-state index contributed by atoms with van der Waals surface area (Å²) in [5.41, 5.74) is 2.01. The lowest BCUT2D eigenvalue weighted by atomic mass is 10.1. The largest absolute Gasteiger partial charge is 0.508 e. The Kier molecular flexibility index (Phi) is 5.61. The molecule has 8 nitrogen and oxygen atoms in total. The third kappa shape index (κ3) is 4.37. The van der Waals surface area contributed by atoms with Crippen molar-refractivity contribution in [1.29, 1.82) is 0 Å². The van der Waals surface area contributed by atoms with E-state index < -0.39 is 0 Å². The van der Waals surface area contributed by atoms with Gasteiger partial charge in [-0.25, -0.2) is 4.98 Å². The molecule has 0 atom stereocenters. The maximum absolute atomic E-state index is 12.4. The highest BCUT2D eigenvalue weighted by Crippen LogP contribution is 2.25. The smallest absolute Gasteiger partial charge is 0.261 e. The van der Waals surface area contributed by atoms with Crippen molar-refractivity contribution in [3.8, 4) is 5.75 Å². The summed E-state index contributed by atoms with van der Waals surface area (Å²) in [6.07, 6.45) is 2.08. The third-order valence-corrected chi connectivity index (χ3v) is 4.88. The zero-order valence-corrected chi connectivity index (χ0v) is 16.5. The fourth-order valence-corrected chi connectivity index (χ4v) is 3.34. The number of benzene rings is 2. The molecule has 0 unspecified atom stereocenters. The highest BCUT2D eigenvalue weighted by atomic mass is 16.3. The van der Waals surface area contributed by atoms with E-state index in [0.29, 0.717) is 34.7 Å². The van der Waals surface area contributed by atoms with Gasteiger partial charge in [-0.3, -0.25) is 19.3 Å². The van der Waals surface area contributed by atoms with Crippen molar-refractivity contribution >= 4 is 34.9 Å². The van der Waals surface area contributed by atoms with E-state index in [4.69, 9.17) is 0 Å². The molecule has 0 radical (unpaired) electrons. The summed E-state index contributed by atoms with van der Waals surface area (Å²) in [6, 6.07) is 16.6. The second kappa shape index (κ2) is 8.66. The van der Waals surface area contributed by atoms with Gasteiger partial charge >= 0.3 is 0 Å². The Morgan fingerprint density at radius 3 is 2.29 bits per heavy atom. The zero-order valence-electron chi connectivity index (χ0n) is 16.5. The standard InChI is InChI=1S/C23H20N4O4/c28-16-11-9-15(10-12-16)25-21-19(7-3-13-24-21)26-20(29)8-4-14-27-22(30)17-5-1-2-6-18(17)23(27)31/h1-3,5-7,9-13,28H,4,8,14H2,(H,24,25)(H,26,29). The van der Waals surface area contributed by atoms with E-state index in [1.807, 2.05) is 0 Å². The Morgan fingerprint density at radius 1 is 0.935 bits per heavy atom. The van der Waals surface area contributed by atoms with Crippen molar-refractivity contribution in [1.82, 2.24) is 9.88 Å². The number of pyridine rings is 1. The van der Waals surface area contributed by atoms with Crippen LogP contribution in [0.4, 0.5) is 17.2 Å². The Labute approximate surface area is 178 Å². The van der Waals surface area contributed by atoms with E-state index >= 15 is 0 Å². The molecule has 0 saturated carbocycles. The normalized spacial score (nSPS) is 12.6. The quantitative estimate of drug-likeness (QED) is 0.401. The molecule has 3 N–H and O–H groups in total. The van der Waals surface area contributed by atoms with Crippen molar-refractivity contribution in [2.45, 2.75) is 12.8 Å². The van der Waals surface area contributed by atoms with E-state index in [1.165, 1.54) is 4.90 Å². The topological polar surface area (TPSA) is 112 Å². The molecule has 2 aromatic carbocycles. The number of phenolic OH excluding ortho intramolecular Hbond substituents is 1. The van der Waals surface area contributed by atoms with Crippen LogP contribution in [-0.2, 0) is 4.79 Å². The average Bonchev–Trinajstić information content (AvgIpc) is 3.02. The summed E-state index contributed by atoms with van der Waals surface area (Å²) in [5, 5.41) is 15.3. The number of anilines is 3. The molecule has 156 valence electrons. The number of fused-ring (bicyclic) bond motifs is 1. The van der Waals surface area contributed by atoms with Gasteiger partial charge in [0.05, 0.1) is 16.8 Å². The van der Waals surface area contributed by atoms with E-state index in [9.17, 15) is 19.5 Å². The summed E-state index contributed by atoms with van der Waals surface area (Å²) in [6.45, 7) is 0.172. The SMILES string of the molecule is O=C(CCCN1C(=O)c2ccccc2C1=O)Nc1cccnc1Nc1ccc(O)cc1. The summed E-state index contributed by atoms with van der Waals surface area (Å²) in [4.78, 5) is 42.6. The van der Waals surface area contributed by atoms with Gasteiger partial charge in [0.2, 0.25) is 5.91 Å². The summed E-state index contributed by atoms with van der Waals surface area (Å²) in [5.74, 6) is -0.291. The molecule has 4 rings (SSSR count). The number of carbonyl (C=O) groups excluding carboxylic acids is 3. The van der Waals surface area contributed by atoms with Gasteiger partial charge in [-0.05, 0) is 55.0 Å². The summed E-state index contributed by atoms with van der Waals surface area (Å²) >= 11 is 0. The van der Waals surface area contributed by atoms with Crippen molar-refractivity contribution in [2.24, 2.45) is 0 Å². The van der Waals surface area contributed by atoms with Crippen molar-refractivity contribution in [3.05, 3.63) is 78.0 Å². The predicted octanol–water partition coefficient (Wildman–Crippen LogP) is 3.55. The van der Waals surface area contributed by atoms with Gasteiger partial charge in [-0.15, -0.1) is 0 Å². The molecule has 3 amide bonds. The molecule has 1 aliphatic heterocycles. The molecule has 0 spiro atoms. The molecule has 2 heterocycles. The van der Waals surface area contributed by atoms with Crippen LogP contribution in [-0.4, -0.2) is 39.3 Å². The lowest BCUT2D eigenvalue weighted by Crippen LogP contribution is -2.31. The first-order valence-electron chi connectivity index (χ1n) is 9.79. The van der Waals surface area contributed by atoms with Crippen LogP contribution < -0.4 is 10.6 Å². The molecule has 8 heteroatoms. The number of aromatic hydroxyl groups is 1. The second-order valence-corrected chi connectivity index (χ2v) is 7.03. The van der Waals surface area contributed by atoms with Gasteiger partial charge in [-0.1, -0.05) is 12.1 Å². The highest BCUT2D eigenvalue weighted by Gasteiger charge is 2.34. The summed E-state index contributed by atoms with van der Waals surface area (Å²) < 4.78 is 0. The van der Waals surface area contributed by atoms with Gasteiger partial charge in [-0.2, -0.15) is 0 Å². The number of hydrogen-bond donors (Lipinski definition) is 3. The van der Waals surface area contributed by atoms with Crippen LogP contribution in [0.25, 0.3) is 0 Å². The average molecular weight is 416 g/mol. The van der Waals surface area contributed by atoms with Crippen LogP contribution in [0.15, 0.2) is 66.9 Å². The fraction of sp³-hybridized carbons (Fsp3) is 0.130. The molecule has 0 saturated heterocycles. The second-order valence-electron chi connectivity index (χ2n) is 7.03. The Bertz CT molecular complexity index is 1110.